The molecule has 4 aromatic carbocycles. The van der Waals surface area contributed by atoms with Crippen molar-refractivity contribution in [2.75, 3.05) is 0 Å². The molecule has 0 aliphatic rings. The Hall–Kier alpha value is -3.42. The number of rotatable bonds is 7. The summed E-state index contributed by atoms with van der Waals surface area (Å²) in [6.07, 6.45) is 0.527. The fourth-order valence-corrected chi connectivity index (χ4v) is 6.83. The summed E-state index contributed by atoms with van der Waals surface area (Å²) < 4.78 is 28.0. The first-order chi connectivity index (χ1) is 18.4. The van der Waals surface area contributed by atoms with E-state index in [2.05, 4.69) is 53.7 Å². The molecular formula is C35H39O3P. The maximum atomic E-state index is 14.0. The summed E-state index contributed by atoms with van der Waals surface area (Å²) >= 11 is 0. The van der Waals surface area contributed by atoms with Crippen LogP contribution in [0, 0.1) is 0 Å². The summed E-state index contributed by atoms with van der Waals surface area (Å²) in [5, 5.41) is 10.1. The third-order valence-electron chi connectivity index (χ3n) is 7.66. The van der Waals surface area contributed by atoms with Gasteiger partial charge in [0.25, 0.3) is 0 Å². The molecule has 0 aliphatic heterocycles. The Morgan fingerprint density at radius 1 is 0.641 bits per heavy atom. The van der Waals surface area contributed by atoms with Crippen molar-refractivity contribution in [3.05, 3.63) is 137 Å². The average molecular weight is 539 g/mol. The van der Waals surface area contributed by atoms with Crippen LogP contribution >= 0.6 is 7.68 Å². The van der Waals surface area contributed by atoms with E-state index in [1.54, 1.807) is 0 Å². The summed E-state index contributed by atoms with van der Waals surface area (Å²) in [5.74, 6) is -0.184. The summed E-state index contributed by atoms with van der Waals surface area (Å²) in [5.41, 5.74) is 4.10. The minimum Gasteiger partial charge on any atom is -0.507 e. The lowest BCUT2D eigenvalue weighted by atomic mass is 9.70. The molecule has 0 saturated carbocycles. The molecule has 0 spiro atoms. The van der Waals surface area contributed by atoms with Crippen LogP contribution in [0.2, 0.25) is 0 Å². The Bertz CT molecular complexity index is 1440. The topological polar surface area (TPSA) is 54.4 Å². The smallest absolute Gasteiger partial charge is 0.331 e. The highest BCUT2D eigenvalue weighted by atomic mass is 31.1. The lowest BCUT2D eigenvalue weighted by Gasteiger charge is -2.39. The van der Waals surface area contributed by atoms with Crippen molar-refractivity contribution in [3.63, 3.8) is 0 Å². The van der Waals surface area contributed by atoms with Gasteiger partial charge < -0.3 is 5.11 Å². The molecule has 4 aromatic rings. The third kappa shape index (κ3) is 5.65. The third-order valence-corrected chi connectivity index (χ3v) is 9.06. The van der Waals surface area contributed by atoms with Gasteiger partial charge in [-0.3, -0.25) is 0 Å². The lowest BCUT2D eigenvalue weighted by Crippen LogP contribution is -2.33. The molecule has 0 aromatic heterocycles. The largest absolute Gasteiger partial charge is 0.507 e. The van der Waals surface area contributed by atoms with Gasteiger partial charge in [-0.1, -0.05) is 133 Å². The molecule has 0 saturated heterocycles. The van der Waals surface area contributed by atoms with E-state index in [1.807, 2.05) is 91.0 Å². The molecule has 0 heterocycles. The zero-order valence-corrected chi connectivity index (χ0v) is 24.7. The van der Waals surface area contributed by atoms with E-state index in [0.29, 0.717) is 12.0 Å². The van der Waals surface area contributed by atoms with Crippen LogP contribution in [-0.4, -0.2) is 5.11 Å². The SMILES string of the molecule is CC(C)(C)c1cc(C(c2ccccc2)(C(Cc2ccccc2)c2ccccc2)P(=O)=O)cc(C(C)(C)C)c1O. The maximum absolute atomic E-state index is 14.0. The maximum Gasteiger partial charge on any atom is 0.331 e. The van der Waals surface area contributed by atoms with Crippen LogP contribution in [0.5, 0.6) is 5.75 Å². The van der Waals surface area contributed by atoms with Crippen LogP contribution < -0.4 is 0 Å². The van der Waals surface area contributed by atoms with Crippen molar-refractivity contribution in [1.29, 1.82) is 0 Å². The normalized spacial score (nSPS) is 14.4. The van der Waals surface area contributed by atoms with Crippen LogP contribution in [0.4, 0.5) is 0 Å². The van der Waals surface area contributed by atoms with Gasteiger partial charge in [0, 0.05) is 5.92 Å². The van der Waals surface area contributed by atoms with E-state index in [-0.39, 0.29) is 5.75 Å². The number of hydrogen-bond acceptors (Lipinski definition) is 3. The van der Waals surface area contributed by atoms with Crippen molar-refractivity contribution in [2.24, 2.45) is 0 Å². The molecule has 0 aliphatic carbocycles. The number of phenolic OH excluding ortho intramolecular Hbond substituents is 1. The first-order valence-electron chi connectivity index (χ1n) is 13.5. The summed E-state index contributed by atoms with van der Waals surface area (Å²) in [6.45, 7) is 12.3. The van der Waals surface area contributed by atoms with Gasteiger partial charge in [-0.25, -0.2) is 9.13 Å². The van der Waals surface area contributed by atoms with Crippen molar-refractivity contribution in [1.82, 2.24) is 0 Å². The molecule has 202 valence electrons. The lowest BCUT2D eigenvalue weighted by molar-refractivity contribution is 0.418. The second-order valence-corrected chi connectivity index (χ2v) is 13.7. The molecule has 2 atom stereocenters. The highest BCUT2D eigenvalue weighted by molar-refractivity contribution is 7.33. The quantitative estimate of drug-likeness (QED) is 0.238. The van der Waals surface area contributed by atoms with Crippen LogP contribution in [0.3, 0.4) is 0 Å². The minimum atomic E-state index is -3.05. The fourth-order valence-electron chi connectivity index (χ4n) is 5.64. The predicted molar refractivity (Wildman–Crippen MR) is 160 cm³/mol. The second-order valence-electron chi connectivity index (χ2n) is 12.5. The van der Waals surface area contributed by atoms with Crippen molar-refractivity contribution < 1.29 is 14.2 Å². The number of hydrogen-bond donors (Lipinski definition) is 1. The Morgan fingerprint density at radius 3 is 1.51 bits per heavy atom. The van der Waals surface area contributed by atoms with Crippen LogP contribution in [-0.2, 0) is 31.5 Å². The van der Waals surface area contributed by atoms with Gasteiger partial charge in [0.15, 0.2) is 0 Å². The summed E-state index contributed by atoms with van der Waals surface area (Å²) in [7, 11) is -3.05. The molecule has 2 unspecified atom stereocenters. The highest BCUT2D eigenvalue weighted by Gasteiger charge is 2.49. The molecule has 4 heteroatoms. The van der Waals surface area contributed by atoms with Crippen LogP contribution in [0.15, 0.2) is 103 Å². The van der Waals surface area contributed by atoms with E-state index in [1.165, 1.54) is 0 Å². The van der Waals surface area contributed by atoms with Gasteiger partial charge in [0.1, 0.15) is 10.9 Å². The predicted octanol–water partition coefficient (Wildman–Crippen LogP) is 9.43. The summed E-state index contributed by atoms with van der Waals surface area (Å²) in [6, 6.07) is 33.5. The number of benzene rings is 4. The van der Waals surface area contributed by atoms with Crippen LogP contribution in [0.1, 0.15) is 80.8 Å². The molecule has 0 fully saturated rings. The van der Waals surface area contributed by atoms with Crippen molar-refractivity contribution in [2.45, 2.75) is 69.9 Å². The molecule has 0 bridgehead atoms. The second kappa shape index (κ2) is 11.0. The van der Waals surface area contributed by atoms with Crippen LogP contribution in [0.25, 0.3) is 0 Å². The number of aromatic hydroxyl groups is 1. The molecule has 4 rings (SSSR count). The van der Waals surface area contributed by atoms with E-state index < -0.39 is 29.6 Å². The molecule has 0 radical (unpaired) electrons. The standard InChI is InChI=1S/C35H39O3P/c1-33(2,3)30-23-28(24-31(32(30)36)34(4,5)6)35(39(37)38,27-20-14-9-15-21-27)29(26-18-12-8-13-19-26)22-25-16-10-7-11-17-25/h7-21,23-24,29,36H,22H2,1-6H3. The average Bonchev–Trinajstić information content (AvgIpc) is 2.89. The Balaban J connectivity index is 2.18. The zero-order chi connectivity index (χ0) is 28.4. The van der Waals surface area contributed by atoms with Gasteiger partial charge in [0.05, 0.1) is 0 Å². The Morgan fingerprint density at radius 2 is 1.08 bits per heavy atom. The minimum absolute atomic E-state index is 0.237. The van der Waals surface area contributed by atoms with Gasteiger partial charge in [-0.05, 0) is 62.8 Å². The highest BCUT2D eigenvalue weighted by Crippen LogP contribution is 2.58. The fraction of sp³-hybridized carbons (Fsp3) is 0.314. The van der Waals surface area contributed by atoms with Crippen molar-refractivity contribution >= 4 is 7.68 Å². The Labute approximate surface area is 233 Å². The monoisotopic (exact) mass is 538 g/mol. The molecule has 39 heavy (non-hydrogen) atoms. The molecular weight excluding hydrogens is 499 g/mol. The first-order valence-corrected chi connectivity index (χ1v) is 14.7. The first kappa shape index (κ1) is 28.6. The van der Waals surface area contributed by atoms with Gasteiger partial charge in [-0.15, -0.1) is 0 Å². The van der Waals surface area contributed by atoms with E-state index in [0.717, 1.165) is 27.8 Å². The zero-order valence-electron chi connectivity index (χ0n) is 23.8. The van der Waals surface area contributed by atoms with E-state index >= 15 is 0 Å². The Kier molecular flexibility index (Phi) is 8.05. The van der Waals surface area contributed by atoms with Gasteiger partial charge >= 0.3 is 7.68 Å². The van der Waals surface area contributed by atoms with E-state index in [4.69, 9.17) is 0 Å². The van der Waals surface area contributed by atoms with E-state index in [9.17, 15) is 14.2 Å². The molecule has 3 nitrogen and oxygen atoms in total. The molecule has 1 N–H and O–H groups in total. The summed E-state index contributed by atoms with van der Waals surface area (Å²) in [4.78, 5) is 0. The van der Waals surface area contributed by atoms with Gasteiger partial charge in [-0.2, -0.15) is 0 Å². The molecule has 0 amide bonds. The van der Waals surface area contributed by atoms with Crippen molar-refractivity contribution in [3.8, 4) is 5.75 Å². The van der Waals surface area contributed by atoms with Gasteiger partial charge in [0.2, 0.25) is 0 Å². The number of phenols is 1.